The molecule has 0 bridgehead atoms. The van der Waals surface area contributed by atoms with E-state index in [0.717, 1.165) is 0 Å². The number of ether oxygens (including phenoxy) is 2. The zero-order chi connectivity index (χ0) is 15.7. The molecule has 2 aromatic rings. The fourth-order valence-corrected chi connectivity index (χ4v) is 2.48. The highest BCUT2D eigenvalue weighted by molar-refractivity contribution is 6.00. The van der Waals surface area contributed by atoms with Gasteiger partial charge in [0.25, 0.3) is 0 Å². The van der Waals surface area contributed by atoms with Gasteiger partial charge in [-0.1, -0.05) is 12.1 Å². The van der Waals surface area contributed by atoms with Crippen molar-refractivity contribution in [2.24, 2.45) is 0 Å². The van der Waals surface area contributed by atoms with Crippen LogP contribution in [0.15, 0.2) is 42.5 Å². The quantitative estimate of drug-likeness (QED) is 0.863. The van der Waals surface area contributed by atoms with Crippen molar-refractivity contribution in [1.29, 1.82) is 0 Å². The zero-order valence-corrected chi connectivity index (χ0v) is 11.9. The minimum atomic E-state index is -0.494. The third kappa shape index (κ3) is 2.53. The predicted molar refractivity (Wildman–Crippen MR) is 78.2 cm³/mol. The van der Waals surface area contributed by atoms with Crippen LogP contribution >= 0.6 is 0 Å². The largest absolute Gasteiger partial charge is 0.508 e. The van der Waals surface area contributed by atoms with Gasteiger partial charge in [0.1, 0.15) is 17.6 Å². The van der Waals surface area contributed by atoms with E-state index < -0.39 is 12.1 Å². The molecule has 0 saturated heterocycles. The van der Waals surface area contributed by atoms with Gasteiger partial charge < -0.3 is 14.6 Å². The maximum absolute atomic E-state index is 12.2. The first-order chi connectivity index (χ1) is 10.6. The number of carbonyl (C=O) groups excluding carboxylic acids is 2. The normalized spacial score (nSPS) is 16.6. The van der Waals surface area contributed by atoms with Crippen molar-refractivity contribution in [3.05, 3.63) is 59.2 Å². The molecule has 5 nitrogen and oxygen atoms in total. The van der Waals surface area contributed by atoms with Gasteiger partial charge in [0.15, 0.2) is 5.78 Å². The van der Waals surface area contributed by atoms with E-state index in [2.05, 4.69) is 0 Å². The summed E-state index contributed by atoms with van der Waals surface area (Å²) in [6.07, 6.45) is -0.311. The van der Waals surface area contributed by atoms with Crippen LogP contribution in [0.25, 0.3) is 0 Å². The number of Topliss-reactive ketones (excluding diaryl/α,β-unsaturated/α-hetero) is 1. The second-order valence-electron chi connectivity index (χ2n) is 5.03. The Balaban J connectivity index is 1.94. The molecular weight excluding hydrogens is 284 g/mol. The van der Waals surface area contributed by atoms with E-state index in [0.29, 0.717) is 22.4 Å². The number of ketones is 1. The molecule has 1 unspecified atom stereocenters. The lowest BCUT2D eigenvalue weighted by atomic mass is 9.95. The Hall–Kier alpha value is -2.82. The molecule has 0 spiro atoms. The molecule has 0 radical (unpaired) electrons. The number of rotatable bonds is 2. The van der Waals surface area contributed by atoms with Crippen molar-refractivity contribution < 1.29 is 24.2 Å². The highest BCUT2D eigenvalue weighted by Gasteiger charge is 2.28. The van der Waals surface area contributed by atoms with Gasteiger partial charge in [-0.15, -0.1) is 0 Å². The summed E-state index contributed by atoms with van der Waals surface area (Å²) < 4.78 is 10.5. The number of carbonyl (C=O) groups is 2. The smallest absolute Gasteiger partial charge is 0.337 e. The van der Waals surface area contributed by atoms with Gasteiger partial charge >= 0.3 is 5.97 Å². The van der Waals surface area contributed by atoms with Gasteiger partial charge in [0, 0.05) is 6.07 Å². The first-order valence-electron chi connectivity index (χ1n) is 6.79. The van der Waals surface area contributed by atoms with Gasteiger partial charge in [-0.2, -0.15) is 0 Å². The van der Waals surface area contributed by atoms with Crippen LogP contribution in [-0.2, 0) is 4.74 Å². The van der Waals surface area contributed by atoms with Crippen molar-refractivity contribution >= 4 is 11.8 Å². The first-order valence-corrected chi connectivity index (χ1v) is 6.79. The van der Waals surface area contributed by atoms with Crippen LogP contribution in [0.3, 0.4) is 0 Å². The van der Waals surface area contributed by atoms with Crippen LogP contribution in [0.4, 0.5) is 0 Å². The van der Waals surface area contributed by atoms with Crippen LogP contribution in [0.2, 0.25) is 0 Å². The van der Waals surface area contributed by atoms with Gasteiger partial charge in [-0.05, 0) is 29.8 Å². The number of phenolic OH excluding ortho intramolecular Hbond substituents is 1. The van der Waals surface area contributed by atoms with Gasteiger partial charge in [-0.25, -0.2) is 4.79 Å². The number of methoxy groups -OCH3 is 1. The monoisotopic (exact) mass is 298 g/mol. The summed E-state index contributed by atoms with van der Waals surface area (Å²) in [6, 6.07) is 11.2. The summed E-state index contributed by atoms with van der Waals surface area (Å²) in [7, 11) is 1.31. The summed E-state index contributed by atoms with van der Waals surface area (Å²) in [4.78, 5) is 23.8. The molecule has 22 heavy (non-hydrogen) atoms. The lowest BCUT2D eigenvalue weighted by Crippen LogP contribution is -2.20. The highest BCUT2D eigenvalue weighted by Crippen LogP contribution is 2.36. The third-order valence-electron chi connectivity index (χ3n) is 3.59. The number of hydrogen-bond donors (Lipinski definition) is 1. The van der Waals surface area contributed by atoms with Gasteiger partial charge in [-0.3, -0.25) is 4.79 Å². The number of esters is 1. The van der Waals surface area contributed by atoms with E-state index in [1.54, 1.807) is 30.3 Å². The minimum Gasteiger partial charge on any atom is -0.508 e. The average Bonchev–Trinajstić information content (AvgIpc) is 2.53. The fraction of sp³-hybridized carbons (Fsp3) is 0.176. The zero-order valence-electron chi connectivity index (χ0n) is 11.9. The Bertz CT molecular complexity index is 750. The third-order valence-corrected chi connectivity index (χ3v) is 3.59. The number of hydrogen-bond acceptors (Lipinski definition) is 5. The Kier molecular flexibility index (Phi) is 3.55. The molecule has 5 heteroatoms. The van der Waals surface area contributed by atoms with Crippen molar-refractivity contribution in [3.63, 3.8) is 0 Å². The molecule has 0 amide bonds. The molecule has 1 aliphatic heterocycles. The lowest BCUT2D eigenvalue weighted by molar-refractivity contribution is 0.0600. The van der Waals surface area contributed by atoms with E-state index in [1.807, 2.05) is 0 Å². The topological polar surface area (TPSA) is 72.8 Å². The van der Waals surface area contributed by atoms with Crippen LogP contribution in [0.5, 0.6) is 11.5 Å². The van der Waals surface area contributed by atoms with Gasteiger partial charge in [0.2, 0.25) is 0 Å². The van der Waals surface area contributed by atoms with Crippen LogP contribution in [0, 0.1) is 0 Å². The van der Waals surface area contributed by atoms with Crippen LogP contribution in [-0.4, -0.2) is 24.0 Å². The Labute approximate surface area is 127 Å². The Morgan fingerprint density at radius 1 is 1.27 bits per heavy atom. The molecule has 0 saturated carbocycles. The summed E-state index contributed by atoms with van der Waals surface area (Å²) in [5, 5.41) is 9.53. The van der Waals surface area contributed by atoms with Crippen molar-refractivity contribution in [1.82, 2.24) is 0 Å². The predicted octanol–water partition coefficient (Wildman–Crippen LogP) is 2.89. The summed E-state index contributed by atoms with van der Waals surface area (Å²) in [5.74, 6) is -0.114. The Morgan fingerprint density at radius 3 is 2.86 bits per heavy atom. The number of phenols is 1. The molecule has 0 aromatic heterocycles. The first kappa shape index (κ1) is 14.1. The maximum atomic E-state index is 12.2. The number of fused-ring (bicyclic) bond motifs is 1. The maximum Gasteiger partial charge on any atom is 0.337 e. The average molecular weight is 298 g/mol. The highest BCUT2D eigenvalue weighted by atomic mass is 16.5. The van der Waals surface area contributed by atoms with E-state index in [1.165, 1.54) is 19.2 Å². The van der Waals surface area contributed by atoms with Crippen molar-refractivity contribution in [2.75, 3.05) is 7.11 Å². The van der Waals surface area contributed by atoms with Crippen molar-refractivity contribution in [3.8, 4) is 11.5 Å². The summed E-state index contributed by atoms with van der Waals surface area (Å²) in [6.45, 7) is 0. The Morgan fingerprint density at radius 2 is 2.09 bits per heavy atom. The van der Waals surface area contributed by atoms with Crippen molar-refractivity contribution in [2.45, 2.75) is 12.5 Å². The van der Waals surface area contributed by atoms with Crippen LogP contribution < -0.4 is 4.74 Å². The van der Waals surface area contributed by atoms with Gasteiger partial charge in [0.05, 0.1) is 24.7 Å². The number of benzene rings is 2. The molecule has 2 aromatic carbocycles. The lowest BCUT2D eigenvalue weighted by Gasteiger charge is -2.25. The molecule has 1 N–H and O–H groups in total. The summed E-state index contributed by atoms with van der Waals surface area (Å²) >= 11 is 0. The molecule has 0 aliphatic carbocycles. The van der Waals surface area contributed by atoms with E-state index in [9.17, 15) is 14.7 Å². The molecule has 0 fully saturated rings. The molecule has 1 aliphatic rings. The fourth-order valence-electron chi connectivity index (χ4n) is 2.48. The number of aromatic hydroxyl groups is 1. The van der Waals surface area contributed by atoms with E-state index in [4.69, 9.17) is 9.47 Å². The minimum absolute atomic E-state index is 0.0375. The van der Waals surface area contributed by atoms with Crippen LogP contribution in [0.1, 0.15) is 38.8 Å². The summed E-state index contributed by atoms with van der Waals surface area (Å²) in [5.41, 5.74) is 1.57. The second kappa shape index (κ2) is 5.52. The molecular formula is C17H14O5. The molecule has 3 rings (SSSR count). The van der Waals surface area contributed by atoms with E-state index >= 15 is 0 Å². The van der Waals surface area contributed by atoms with E-state index in [-0.39, 0.29) is 18.0 Å². The molecule has 1 heterocycles. The standard InChI is InChI=1S/C17H14O5/c1-21-17(20)11-4-2-3-10(7-11)15-9-14(19)13-6-5-12(18)8-16(13)22-15/h2-8,15,18H,9H2,1H3. The second-order valence-corrected chi connectivity index (χ2v) is 5.03. The molecule has 112 valence electrons. The SMILES string of the molecule is COC(=O)c1cccc(C2CC(=O)c3ccc(O)cc3O2)c1. The molecule has 1 atom stereocenters.